The monoisotopic (exact) mass is 701 g/mol. The predicted molar refractivity (Wildman–Crippen MR) is 229 cm³/mol. The van der Waals surface area contributed by atoms with Crippen LogP contribution in [-0.2, 0) is 11.8 Å². The second-order valence-corrected chi connectivity index (χ2v) is 18.3. The molecule has 13 rings (SSSR count). The molecular formula is C50H48BN3. The molecule has 4 aliphatic carbocycles. The molecule has 2 aromatic heterocycles. The standard InChI is InChI=1S/C50H48BN3/c1-49-28-14-15-29-50(49,2)54(40-24-12-8-20-35(40)49)32-26-27-37-42(30-32)53-39-23-11-7-19-34(39)45-43(31-16-4-3-5-17-31)44-33-18-6-10-22-38(33)52-41-25-13-9-21-36(41)51(37)46(47(44)52)48(45)53/h6-8,10,12-13,18-20,22,24-27,30-31H,3-5,9,11,14-17,21,23,28-29H2,1-2H3. The average molecular weight is 702 g/mol. The van der Waals surface area contributed by atoms with E-state index in [4.69, 9.17) is 0 Å². The van der Waals surface area contributed by atoms with Crippen molar-refractivity contribution in [1.82, 2.24) is 9.13 Å². The molecule has 54 heavy (non-hydrogen) atoms. The number of nitrogens with zero attached hydrogens (tertiary/aromatic N) is 3. The number of benzene rings is 4. The summed E-state index contributed by atoms with van der Waals surface area (Å²) in [6.45, 7) is 5.42. The summed E-state index contributed by atoms with van der Waals surface area (Å²) < 4.78 is 5.56. The summed E-state index contributed by atoms with van der Waals surface area (Å²) in [5, 5.41) is 4.61. The topological polar surface area (TPSA) is 13.1 Å². The molecule has 0 bridgehead atoms. The average Bonchev–Trinajstić information content (AvgIpc) is 3.82. The van der Waals surface area contributed by atoms with Gasteiger partial charge in [-0.25, -0.2) is 0 Å². The molecule has 3 aliphatic heterocycles. The Hall–Kier alpha value is -4.70. The molecule has 5 heterocycles. The second kappa shape index (κ2) is 10.5. The highest BCUT2D eigenvalue weighted by molar-refractivity contribution is 6.96. The normalized spacial score (nSPS) is 25.1. The van der Waals surface area contributed by atoms with Gasteiger partial charge >= 0.3 is 0 Å². The van der Waals surface area contributed by atoms with Gasteiger partial charge in [0.2, 0.25) is 6.71 Å². The van der Waals surface area contributed by atoms with E-state index in [1.54, 1.807) is 38.5 Å². The quantitative estimate of drug-likeness (QED) is 0.164. The Morgan fingerprint density at radius 2 is 1.52 bits per heavy atom. The van der Waals surface area contributed by atoms with E-state index in [9.17, 15) is 0 Å². The molecule has 7 aliphatic rings. The van der Waals surface area contributed by atoms with Crippen molar-refractivity contribution in [3.63, 3.8) is 0 Å². The summed E-state index contributed by atoms with van der Waals surface area (Å²) in [6, 6.07) is 26.6. The Bertz CT molecular complexity index is 2760. The first-order chi connectivity index (χ1) is 26.6. The van der Waals surface area contributed by atoms with E-state index in [0.717, 1.165) is 25.7 Å². The van der Waals surface area contributed by atoms with Gasteiger partial charge in [0.05, 0.1) is 22.1 Å². The fraction of sp³-hybridized carbons (Fsp3) is 0.360. The maximum absolute atomic E-state index is 2.83. The Balaban J connectivity index is 1.18. The van der Waals surface area contributed by atoms with Crippen molar-refractivity contribution in [2.75, 3.05) is 4.90 Å². The summed E-state index contributed by atoms with van der Waals surface area (Å²) in [5.74, 6) is 0.593. The lowest BCUT2D eigenvalue weighted by atomic mass is 9.32. The van der Waals surface area contributed by atoms with Gasteiger partial charge in [0.25, 0.3) is 0 Å². The number of para-hydroxylation sites is 2. The maximum Gasteiger partial charge on any atom is 0.247 e. The molecule has 0 saturated heterocycles. The summed E-state index contributed by atoms with van der Waals surface area (Å²) in [4.78, 5) is 2.80. The van der Waals surface area contributed by atoms with E-state index in [1.165, 1.54) is 114 Å². The van der Waals surface area contributed by atoms with Crippen LogP contribution in [0.1, 0.15) is 119 Å². The minimum atomic E-state index is 0.0415. The third-order valence-electron chi connectivity index (χ3n) is 16.0. The van der Waals surface area contributed by atoms with Crippen LogP contribution in [0.5, 0.6) is 0 Å². The summed E-state index contributed by atoms with van der Waals surface area (Å²) >= 11 is 0. The van der Waals surface area contributed by atoms with Crippen molar-refractivity contribution < 1.29 is 0 Å². The Morgan fingerprint density at radius 3 is 2.44 bits per heavy atom. The number of anilines is 2. The predicted octanol–water partition coefficient (Wildman–Crippen LogP) is 11.5. The van der Waals surface area contributed by atoms with Crippen LogP contribution in [0.3, 0.4) is 0 Å². The molecule has 4 aromatic carbocycles. The van der Waals surface area contributed by atoms with Crippen molar-refractivity contribution in [3.8, 4) is 5.69 Å². The van der Waals surface area contributed by atoms with Crippen molar-refractivity contribution in [2.24, 2.45) is 0 Å². The van der Waals surface area contributed by atoms with Gasteiger partial charge in [0.15, 0.2) is 0 Å². The zero-order valence-corrected chi connectivity index (χ0v) is 31.8. The van der Waals surface area contributed by atoms with Gasteiger partial charge in [0.1, 0.15) is 0 Å². The number of aromatic nitrogens is 2. The van der Waals surface area contributed by atoms with Gasteiger partial charge in [-0.1, -0.05) is 105 Å². The van der Waals surface area contributed by atoms with Crippen LogP contribution in [0.15, 0.2) is 90.4 Å². The smallest absolute Gasteiger partial charge is 0.247 e. The molecule has 2 fully saturated rings. The minimum Gasteiger partial charge on any atom is -0.334 e. The lowest BCUT2D eigenvalue weighted by Crippen LogP contribution is -2.55. The van der Waals surface area contributed by atoms with Gasteiger partial charge in [-0.05, 0) is 117 Å². The highest BCUT2D eigenvalue weighted by atomic mass is 15.3. The molecule has 4 heteroatoms. The largest absolute Gasteiger partial charge is 0.334 e. The van der Waals surface area contributed by atoms with E-state index < -0.39 is 0 Å². The van der Waals surface area contributed by atoms with Gasteiger partial charge < -0.3 is 14.0 Å². The van der Waals surface area contributed by atoms with Crippen LogP contribution in [0.25, 0.3) is 50.2 Å². The van der Waals surface area contributed by atoms with E-state index in [-0.39, 0.29) is 17.7 Å². The highest BCUT2D eigenvalue weighted by Crippen LogP contribution is 2.61. The molecule has 3 nitrogen and oxygen atoms in total. The first-order valence-corrected chi connectivity index (χ1v) is 21.4. The van der Waals surface area contributed by atoms with E-state index >= 15 is 0 Å². The zero-order valence-electron chi connectivity index (χ0n) is 31.8. The third-order valence-corrected chi connectivity index (χ3v) is 16.0. The molecule has 2 atom stereocenters. The van der Waals surface area contributed by atoms with Crippen LogP contribution in [0.4, 0.5) is 11.4 Å². The van der Waals surface area contributed by atoms with Gasteiger partial charge in [-0.3, -0.25) is 0 Å². The number of fused-ring (bicyclic) bond motifs is 14. The van der Waals surface area contributed by atoms with Crippen LogP contribution in [0.2, 0.25) is 0 Å². The van der Waals surface area contributed by atoms with Crippen LogP contribution < -0.4 is 15.8 Å². The Kier molecular flexibility index (Phi) is 5.97. The SMILES string of the molecule is CC12CCCCC1(C)N(c1ccc3c(c1)-n1c4c(c5c(C6CCCCC6)c6c7ccccc7n7c6c(c51)B3C1=C7C=CCC1)C=CCC4)c1ccccc12. The van der Waals surface area contributed by atoms with E-state index in [1.807, 2.05) is 0 Å². The first kappa shape index (κ1) is 30.6. The number of allylic oxidation sites excluding steroid dienone is 5. The lowest BCUT2D eigenvalue weighted by molar-refractivity contribution is 0.195. The second-order valence-electron chi connectivity index (χ2n) is 18.3. The molecule has 6 aromatic rings. The molecule has 0 N–H and O–H groups in total. The van der Waals surface area contributed by atoms with Gasteiger partial charge in [-0.15, -0.1) is 0 Å². The summed E-state index contributed by atoms with van der Waals surface area (Å²) in [5.41, 5.74) is 21.3. The van der Waals surface area contributed by atoms with Crippen LogP contribution in [0, 0.1) is 0 Å². The van der Waals surface area contributed by atoms with Crippen molar-refractivity contribution >= 4 is 73.5 Å². The number of rotatable bonds is 2. The van der Waals surface area contributed by atoms with Crippen molar-refractivity contribution in [1.29, 1.82) is 0 Å². The minimum absolute atomic E-state index is 0.0415. The maximum atomic E-state index is 2.83. The fourth-order valence-corrected chi connectivity index (χ4v) is 13.5. The Labute approximate surface area is 319 Å². The van der Waals surface area contributed by atoms with Gasteiger partial charge in [-0.2, -0.15) is 0 Å². The molecule has 0 radical (unpaired) electrons. The Morgan fingerprint density at radius 1 is 0.722 bits per heavy atom. The van der Waals surface area contributed by atoms with Crippen molar-refractivity contribution in [2.45, 2.75) is 114 Å². The molecule has 0 spiro atoms. The molecule has 0 amide bonds. The summed E-state index contributed by atoms with van der Waals surface area (Å²) in [7, 11) is 0. The van der Waals surface area contributed by atoms with E-state index in [0.29, 0.717) is 5.92 Å². The third kappa shape index (κ3) is 3.50. The zero-order chi connectivity index (χ0) is 35.5. The lowest BCUT2D eigenvalue weighted by Gasteiger charge is -2.50. The highest BCUT2D eigenvalue weighted by Gasteiger charge is 2.57. The van der Waals surface area contributed by atoms with E-state index in [2.05, 4.69) is 119 Å². The molecular weight excluding hydrogens is 653 g/mol. The van der Waals surface area contributed by atoms with Crippen molar-refractivity contribution in [3.05, 3.63) is 113 Å². The number of hydrogen-bond acceptors (Lipinski definition) is 1. The molecule has 266 valence electrons. The fourth-order valence-electron chi connectivity index (χ4n) is 13.5. The molecule has 2 saturated carbocycles. The van der Waals surface area contributed by atoms with Gasteiger partial charge in [0, 0.05) is 55.6 Å². The number of hydrogen-bond donors (Lipinski definition) is 0. The summed E-state index contributed by atoms with van der Waals surface area (Å²) in [6.07, 6.45) is 26.1. The first-order valence-electron chi connectivity index (χ1n) is 21.4. The van der Waals surface area contributed by atoms with Crippen LogP contribution >= 0.6 is 0 Å². The van der Waals surface area contributed by atoms with Crippen LogP contribution in [-0.4, -0.2) is 21.4 Å². The molecule has 2 unspecified atom stereocenters.